The molecule has 70 valence electrons. The molecule has 0 amide bonds. The van der Waals surface area contributed by atoms with Gasteiger partial charge >= 0.3 is 0 Å². The summed E-state index contributed by atoms with van der Waals surface area (Å²) in [6.45, 7) is 4.45. The highest BCUT2D eigenvalue weighted by Gasteiger charge is 2.18. The molecule has 0 bridgehead atoms. The van der Waals surface area contributed by atoms with E-state index in [1.54, 1.807) is 0 Å². The van der Waals surface area contributed by atoms with Crippen LogP contribution in [0.5, 0.6) is 0 Å². The number of nitrogens with zero attached hydrogens (tertiary/aromatic N) is 1. The highest BCUT2D eigenvalue weighted by Crippen LogP contribution is 2.24. The molecule has 0 aliphatic carbocycles. The van der Waals surface area contributed by atoms with Gasteiger partial charge in [-0.25, -0.2) is 0 Å². The molecule has 13 heavy (non-hydrogen) atoms. The molecule has 0 spiro atoms. The third-order valence-corrected chi connectivity index (χ3v) is 2.76. The predicted octanol–water partition coefficient (Wildman–Crippen LogP) is 1.72. The van der Waals surface area contributed by atoms with Crippen molar-refractivity contribution in [2.45, 2.75) is 25.7 Å². The zero-order valence-electron chi connectivity index (χ0n) is 8.09. The second-order valence-electron chi connectivity index (χ2n) is 3.58. The minimum absolute atomic E-state index is 0.698. The smallest absolute Gasteiger partial charge is 0.0436 e. The van der Waals surface area contributed by atoms with Gasteiger partial charge < -0.3 is 5.32 Å². The highest BCUT2D eigenvalue weighted by molar-refractivity contribution is 5.25. The first-order valence-corrected chi connectivity index (χ1v) is 5.06. The molecule has 1 aliphatic rings. The van der Waals surface area contributed by atoms with E-state index in [0.29, 0.717) is 5.92 Å². The van der Waals surface area contributed by atoms with Gasteiger partial charge in [0.1, 0.15) is 0 Å². The van der Waals surface area contributed by atoms with Crippen molar-refractivity contribution in [3.05, 3.63) is 29.6 Å². The molecule has 1 unspecified atom stereocenters. The van der Waals surface area contributed by atoms with Crippen LogP contribution in [0.2, 0.25) is 0 Å². The SMILES string of the molecule is CCc1ncccc1C1CCNC1. The van der Waals surface area contributed by atoms with E-state index in [-0.39, 0.29) is 0 Å². The molecule has 1 atom stereocenters. The zero-order valence-corrected chi connectivity index (χ0v) is 8.09. The molecule has 2 heterocycles. The van der Waals surface area contributed by atoms with E-state index in [2.05, 4.69) is 23.3 Å². The molecule has 0 radical (unpaired) electrons. The van der Waals surface area contributed by atoms with Crippen molar-refractivity contribution in [1.82, 2.24) is 10.3 Å². The third-order valence-electron chi connectivity index (χ3n) is 2.76. The van der Waals surface area contributed by atoms with Gasteiger partial charge in [-0.2, -0.15) is 0 Å². The summed E-state index contributed by atoms with van der Waals surface area (Å²) in [6.07, 6.45) is 4.20. The minimum atomic E-state index is 0.698. The fraction of sp³-hybridized carbons (Fsp3) is 0.545. The third kappa shape index (κ3) is 1.73. The first kappa shape index (κ1) is 8.70. The Morgan fingerprint density at radius 2 is 2.54 bits per heavy atom. The summed E-state index contributed by atoms with van der Waals surface area (Å²) in [5.41, 5.74) is 2.73. The van der Waals surface area contributed by atoms with E-state index >= 15 is 0 Å². The molecule has 2 heteroatoms. The Morgan fingerprint density at radius 1 is 1.62 bits per heavy atom. The highest BCUT2D eigenvalue weighted by atomic mass is 14.9. The first-order chi connectivity index (χ1) is 6.42. The van der Waals surface area contributed by atoms with Crippen LogP contribution >= 0.6 is 0 Å². The van der Waals surface area contributed by atoms with Crippen LogP contribution in [-0.2, 0) is 6.42 Å². The Hall–Kier alpha value is -0.890. The second kappa shape index (κ2) is 3.88. The Morgan fingerprint density at radius 3 is 3.23 bits per heavy atom. The van der Waals surface area contributed by atoms with Crippen molar-refractivity contribution in [2.75, 3.05) is 13.1 Å². The lowest BCUT2D eigenvalue weighted by Crippen LogP contribution is -2.09. The number of hydrogen-bond acceptors (Lipinski definition) is 2. The summed E-state index contributed by atoms with van der Waals surface area (Å²) in [4.78, 5) is 4.41. The van der Waals surface area contributed by atoms with Crippen LogP contribution in [0.4, 0.5) is 0 Å². The lowest BCUT2D eigenvalue weighted by atomic mass is 9.96. The fourth-order valence-electron chi connectivity index (χ4n) is 2.04. The predicted molar refractivity (Wildman–Crippen MR) is 53.8 cm³/mol. The van der Waals surface area contributed by atoms with E-state index in [4.69, 9.17) is 0 Å². The Balaban J connectivity index is 2.26. The van der Waals surface area contributed by atoms with Gasteiger partial charge in [0.15, 0.2) is 0 Å². The lowest BCUT2D eigenvalue weighted by molar-refractivity contribution is 0.742. The van der Waals surface area contributed by atoms with Crippen LogP contribution in [0.25, 0.3) is 0 Å². The molecule has 1 aliphatic heterocycles. The topological polar surface area (TPSA) is 24.9 Å². The van der Waals surface area contributed by atoms with Crippen molar-refractivity contribution < 1.29 is 0 Å². The molecular weight excluding hydrogens is 160 g/mol. The standard InChI is InChI=1S/C11H16N2/c1-2-11-10(4-3-6-13-11)9-5-7-12-8-9/h3-4,6,9,12H,2,5,7-8H2,1H3. The van der Waals surface area contributed by atoms with Crippen LogP contribution in [0.1, 0.15) is 30.5 Å². The lowest BCUT2D eigenvalue weighted by Gasteiger charge is -2.11. The van der Waals surface area contributed by atoms with Crippen molar-refractivity contribution in [3.8, 4) is 0 Å². The quantitative estimate of drug-likeness (QED) is 0.742. The molecule has 1 N–H and O–H groups in total. The van der Waals surface area contributed by atoms with E-state index in [1.165, 1.54) is 17.7 Å². The number of aryl methyl sites for hydroxylation is 1. The van der Waals surface area contributed by atoms with E-state index in [9.17, 15) is 0 Å². The number of rotatable bonds is 2. The number of aromatic nitrogens is 1. The molecule has 1 aromatic heterocycles. The summed E-state index contributed by atoms with van der Waals surface area (Å²) in [5, 5.41) is 3.39. The van der Waals surface area contributed by atoms with Gasteiger partial charge in [0.25, 0.3) is 0 Å². The fourth-order valence-corrected chi connectivity index (χ4v) is 2.04. The largest absolute Gasteiger partial charge is 0.316 e. The molecular formula is C11H16N2. The Kier molecular flexibility index (Phi) is 2.60. The molecule has 2 rings (SSSR count). The van der Waals surface area contributed by atoms with E-state index in [0.717, 1.165) is 19.5 Å². The van der Waals surface area contributed by atoms with Gasteiger partial charge in [-0.05, 0) is 36.9 Å². The molecule has 0 saturated carbocycles. The summed E-state index contributed by atoms with van der Waals surface area (Å²) < 4.78 is 0. The second-order valence-corrected chi connectivity index (χ2v) is 3.58. The molecule has 1 saturated heterocycles. The van der Waals surface area contributed by atoms with Crippen LogP contribution in [0, 0.1) is 0 Å². The van der Waals surface area contributed by atoms with Gasteiger partial charge in [0.05, 0.1) is 0 Å². The minimum Gasteiger partial charge on any atom is -0.316 e. The maximum absolute atomic E-state index is 4.41. The van der Waals surface area contributed by atoms with Gasteiger partial charge in [0, 0.05) is 18.4 Å². The maximum atomic E-state index is 4.41. The normalized spacial score (nSPS) is 22.1. The van der Waals surface area contributed by atoms with Crippen LogP contribution in [0.3, 0.4) is 0 Å². The summed E-state index contributed by atoms with van der Waals surface area (Å²) in [5.74, 6) is 0.698. The number of nitrogens with one attached hydrogen (secondary N) is 1. The average Bonchev–Trinajstić information content (AvgIpc) is 2.70. The first-order valence-electron chi connectivity index (χ1n) is 5.06. The Bertz CT molecular complexity index is 277. The van der Waals surface area contributed by atoms with Gasteiger partial charge in [0.2, 0.25) is 0 Å². The van der Waals surface area contributed by atoms with E-state index < -0.39 is 0 Å². The van der Waals surface area contributed by atoms with Crippen LogP contribution in [-0.4, -0.2) is 18.1 Å². The average molecular weight is 176 g/mol. The van der Waals surface area contributed by atoms with Gasteiger partial charge in [-0.3, -0.25) is 4.98 Å². The van der Waals surface area contributed by atoms with Crippen molar-refractivity contribution in [1.29, 1.82) is 0 Å². The molecule has 2 nitrogen and oxygen atoms in total. The van der Waals surface area contributed by atoms with Crippen molar-refractivity contribution in [3.63, 3.8) is 0 Å². The van der Waals surface area contributed by atoms with E-state index in [1.807, 2.05) is 12.3 Å². The monoisotopic (exact) mass is 176 g/mol. The molecule has 1 fully saturated rings. The van der Waals surface area contributed by atoms with Crippen LogP contribution < -0.4 is 5.32 Å². The van der Waals surface area contributed by atoms with Crippen LogP contribution in [0.15, 0.2) is 18.3 Å². The Labute approximate surface area is 79.4 Å². The van der Waals surface area contributed by atoms with Crippen molar-refractivity contribution >= 4 is 0 Å². The van der Waals surface area contributed by atoms with Crippen molar-refractivity contribution in [2.24, 2.45) is 0 Å². The van der Waals surface area contributed by atoms with Gasteiger partial charge in [-0.1, -0.05) is 13.0 Å². The molecule has 1 aromatic rings. The maximum Gasteiger partial charge on any atom is 0.0436 e. The zero-order chi connectivity index (χ0) is 9.10. The molecule has 0 aromatic carbocycles. The summed E-state index contributed by atoms with van der Waals surface area (Å²) in [7, 11) is 0. The van der Waals surface area contributed by atoms with Gasteiger partial charge in [-0.15, -0.1) is 0 Å². The summed E-state index contributed by atoms with van der Waals surface area (Å²) in [6, 6.07) is 4.27. The number of pyridine rings is 1. The summed E-state index contributed by atoms with van der Waals surface area (Å²) >= 11 is 0. The number of hydrogen-bond donors (Lipinski definition) is 1.